The molecule has 23 heavy (non-hydrogen) atoms. The first-order chi connectivity index (χ1) is 11.1. The van der Waals surface area contributed by atoms with Crippen molar-refractivity contribution >= 4 is 22.7 Å². The van der Waals surface area contributed by atoms with Gasteiger partial charge in [-0.15, -0.1) is 0 Å². The highest BCUT2D eigenvalue weighted by atomic mass is 16.5. The van der Waals surface area contributed by atoms with E-state index in [1.807, 2.05) is 6.92 Å². The van der Waals surface area contributed by atoms with Gasteiger partial charge in [-0.2, -0.15) is 0 Å². The zero-order valence-corrected chi connectivity index (χ0v) is 12.9. The minimum absolute atomic E-state index is 0.0725. The maximum Gasteiger partial charge on any atom is 0.309 e. The number of rotatable bonds is 3. The number of phenolic OH excluding ortho intramolecular Hbond substituents is 2. The zero-order chi connectivity index (χ0) is 16.4. The van der Waals surface area contributed by atoms with E-state index in [9.17, 15) is 15.0 Å². The van der Waals surface area contributed by atoms with E-state index in [1.165, 1.54) is 12.4 Å². The van der Waals surface area contributed by atoms with Crippen LogP contribution in [0.25, 0.3) is 10.9 Å². The molecule has 1 aliphatic heterocycles. The molecule has 0 atom stereocenters. The highest BCUT2D eigenvalue weighted by Crippen LogP contribution is 2.36. The number of aromatic nitrogens is 2. The zero-order valence-electron chi connectivity index (χ0n) is 12.9. The van der Waals surface area contributed by atoms with Crippen LogP contribution in [0.3, 0.4) is 0 Å². The molecule has 1 saturated heterocycles. The Morgan fingerprint density at radius 3 is 2.74 bits per heavy atom. The number of phenols is 2. The van der Waals surface area contributed by atoms with E-state index in [0.717, 1.165) is 0 Å². The number of nitrogens with zero attached hydrogens (tertiary/aromatic N) is 3. The third kappa shape index (κ3) is 2.86. The van der Waals surface area contributed by atoms with Crippen LogP contribution in [-0.2, 0) is 9.53 Å². The maximum absolute atomic E-state index is 11.8. The Bertz CT molecular complexity index is 727. The van der Waals surface area contributed by atoms with Crippen molar-refractivity contribution in [2.24, 2.45) is 5.92 Å². The molecule has 1 aromatic heterocycles. The molecular weight excluding hydrogens is 298 g/mol. The van der Waals surface area contributed by atoms with Crippen LogP contribution < -0.4 is 4.90 Å². The summed E-state index contributed by atoms with van der Waals surface area (Å²) in [7, 11) is 0. The Labute approximate surface area is 133 Å². The number of carbonyl (C=O) groups is 1. The Morgan fingerprint density at radius 1 is 1.30 bits per heavy atom. The summed E-state index contributed by atoms with van der Waals surface area (Å²) in [4.78, 5) is 22.2. The van der Waals surface area contributed by atoms with Gasteiger partial charge in [0.2, 0.25) is 0 Å². The molecule has 0 spiro atoms. The third-order valence-electron chi connectivity index (χ3n) is 4.15. The summed E-state index contributed by atoms with van der Waals surface area (Å²) in [5.74, 6) is 0.0438. The molecule has 1 aliphatic rings. The Balaban J connectivity index is 1.83. The predicted molar refractivity (Wildman–Crippen MR) is 84.4 cm³/mol. The molecule has 2 N–H and O–H groups in total. The average Bonchev–Trinajstić information content (AvgIpc) is 2.58. The summed E-state index contributed by atoms with van der Waals surface area (Å²) in [6, 6.07) is 3.12. The van der Waals surface area contributed by atoms with Crippen LogP contribution in [0, 0.1) is 5.92 Å². The number of anilines is 1. The third-order valence-corrected chi connectivity index (χ3v) is 4.15. The van der Waals surface area contributed by atoms with Crippen LogP contribution in [0.5, 0.6) is 11.5 Å². The number of aromatic hydroxyl groups is 2. The summed E-state index contributed by atoms with van der Waals surface area (Å²) in [5, 5.41) is 20.2. The first-order valence-electron chi connectivity index (χ1n) is 7.69. The van der Waals surface area contributed by atoms with Crippen LogP contribution in [0.4, 0.5) is 5.82 Å². The Kier molecular flexibility index (Phi) is 4.18. The molecule has 122 valence electrons. The summed E-state index contributed by atoms with van der Waals surface area (Å²) in [6.45, 7) is 3.56. The van der Waals surface area contributed by atoms with Crippen LogP contribution in [0.2, 0.25) is 0 Å². The lowest BCUT2D eigenvalue weighted by Crippen LogP contribution is -2.37. The lowest BCUT2D eigenvalue weighted by Gasteiger charge is -2.32. The number of hydrogen-bond donors (Lipinski definition) is 2. The number of carbonyl (C=O) groups excluding carboxylic acids is 1. The van der Waals surface area contributed by atoms with Crippen molar-refractivity contribution in [2.45, 2.75) is 19.8 Å². The summed E-state index contributed by atoms with van der Waals surface area (Å²) < 4.78 is 5.08. The molecule has 3 rings (SSSR count). The standard InChI is InChI=1S/C16H19N3O4/c1-2-23-16(22)10-5-7-19(8-6-10)15-11-3-4-12(20)14(21)13(11)17-9-18-15/h3-4,9-10,20-21H,2,5-8H2,1H3. The minimum atomic E-state index is -0.243. The van der Waals surface area contributed by atoms with Crippen molar-refractivity contribution in [1.29, 1.82) is 0 Å². The second-order valence-corrected chi connectivity index (χ2v) is 5.54. The number of fused-ring (bicyclic) bond motifs is 1. The molecule has 0 amide bonds. The Morgan fingerprint density at radius 2 is 2.04 bits per heavy atom. The molecule has 7 nitrogen and oxygen atoms in total. The fraction of sp³-hybridized carbons (Fsp3) is 0.438. The van der Waals surface area contributed by atoms with Crippen LogP contribution in [0.15, 0.2) is 18.5 Å². The van der Waals surface area contributed by atoms with Gasteiger partial charge < -0.3 is 19.8 Å². The number of ether oxygens (including phenoxy) is 1. The lowest BCUT2D eigenvalue weighted by molar-refractivity contribution is -0.148. The van der Waals surface area contributed by atoms with E-state index in [2.05, 4.69) is 14.9 Å². The average molecular weight is 317 g/mol. The quantitative estimate of drug-likeness (QED) is 0.658. The molecule has 1 fully saturated rings. The highest BCUT2D eigenvalue weighted by Gasteiger charge is 2.27. The Hall–Kier alpha value is -2.57. The van der Waals surface area contributed by atoms with Gasteiger partial charge in [0, 0.05) is 18.5 Å². The second kappa shape index (κ2) is 6.28. The monoisotopic (exact) mass is 317 g/mol. The van der Waals surface area contributed by atoms with Crippen molar-refractivity contribution in [2.75, 3.05) is 24.6 Å². The highest BCUT2D eigenvalue weighted by molar-refractivity contribution is 5.94. The van der Waals surface area contributed by atoms with Crippen molar-refractivity contribution in [3.8, 4) is 11.5 Å². The van der Waals surface area contributed by atoms with Crippen LogP contribution in [0.1, 0.15) is 19.8 Å². The largest absolute Gasteiger partial charge is 0.504 e. The number of benzene rings is 1. The molecule has 0 bridgehead atoms. The van der Waals surface area contributed by atoms with E-state index in [1.54, 1.807) is 6.07 Å². The molecular formula is C16H19N3O4. The number of hydrogen-bond acceptors (Lipinski definition) is 7. The first-order valence-corrected chi connectivity index (χ1v) is 7.69. The summed E-state index contributed by atoms with van der Waals surface area (Å²) in [6.07, 6.45) is 2.77. The van der Waals surface area contributed by atoms with E-state index < -0.39 is 0 Å². The van der Waals surface area contributed by atoms with Gasteiger partial charge in [-0.3, -0.25) is 4.79 Å². The summed E-state index contributed by atoms with van der Waals surface area (Å²) in [5.41, 5.74) is 0.322. The lowest BCUT2D eigenvalue weighted by atomic mass is 9.97. The van der Waals surface area contributed by atoms with Gasteiger partial charge in [0.05, 0.1) is 12.5 Å². The van der Waals surface area contributed by atoms with Gasteiger partial charge in [-0.05, 0) is 31.9 Å². The fourth-order valence-electron chi connectivity index (χ4n) is 2.93. The predicted octanol–water partition coefficient (Wildman–Crippen LogP) is 1.82. The van der Waals surface area contributed by atoms with E-state index >= 15 is 0 Å². The van der Waals surface area contributed by atoms with Gasteiger partial charge in [0.15, 0.2) is 11.5 Å². The molecule has 0 aliphatic carbocycles. The molecule has 7 heteroatoms. The first kappa shape index (κ1) is 15.3. The normalized spacial score (nSPS) is 15.8. The number of esters is 1. The van der Waals surface area contributed by atoms with Crippen LogP contribution >= 0.6 is 0 Å². The SMILES string of the molecule is CCOC(=O)C1CCN(c2ncnc3c(O)c(O)ccc23)CC1. The smallest absolute Gasteiger partial charge is 0.309 e. The molecule has 1 aromatic carbocycles. The van der Waals surface area contributed by atoms with Crippen LogP contribution in [-0.4, -0.2) is 45.8 Å². The van der Waals surface area contributed by atoms with Gasteiger partial charge in [-0.25, -0.2) is 9.97 Å². The van der Waals surface area contributed by atoms with Crippen molar-refractivity contribution in [3.05, 3.63) is 18.5 Å². The number of piperidine rings is 1. The topological polar surface area (TPSA) is 95.8 Å². The molecule has 0 saturated carbocycles. The van der Waals surface area contributed by atoms with Gasteiger partial charge in [0.1, 0.15) is 17.7 Å². The maximum atomic E-state index is 11.8. The van der Waals surface area contributed by atoms with Gasteiger partial charge in [-0.1, -0.05) is 0 Å². The molecule has 0 radical (unpaired) electrons. The minimum Gasteiger partial charge on any atom is -0.504 e. The molecule has 2 aromatic rings. The van der Waals surface area contributed by atoms with Crippen molar-refractivity contribution in [3.63, 3.8) is 0 Å². The fourth-order valence-corrected chi connectivity index (χ4v) is 2.93. The second-order valence-electron chi connectivity index (χ2n) is 5.54. The summed E-state index contributed by atoms with van der Waals surface area (Å²) >= 11 is 0. The van der Waals surface area contributed by atoms with E-state index in [-0.39, 0.29) is 23.4 Å². The molecule has 0 unspecified atom stereocenters. The van der Waals surface area contributed by atoms with Gasteiger partial charge in [0.25, 0.3) is 0 Å². The molecule has 2 heterocycles. The van der Waals surface area contributed by atoms with E-state index in [4.69, 9.17) is 4.74 Å². The van der Waals surface area contributed by atoms with E-state index in [0.29, 0.717) is 49.3 Å². The van der Waals surface area contributed by atoms with Crippen molar-refractivity contribution in [1.82, 2.24) is 9.97 Å². The van der Waals surface area contributed by atoms with Gasteiger partial charge >= 0.3 is 5.97 Å². The van der Waals surface area contributed by atoms with Crippen molar-refractivity contribution < 1.29 is 19.7 Å².